The van der Waals surface area contributed by atoms with Crippen LogP contribution in [0.3, 0.4) is 0 Å². The lowest BCUT2D eigenvalue weighted by molar-refractivity contribution is -0.140. The quantitative estimate of drug-likeness (QED) is 0.880. The van der Waals surface area contributed by atoms with E-state index in [2.05, 4.69) is 10.3 Å². The Hall–Kier alpha value is -1.89. The van der Waals surface area contributed by atoms with Crippen LogP contribution in [0.15, 0.2) is 30.7 Å². The van der Waals surface area contributed by atoms with Gasteiger partial charge in [0.25, 0.3) is 0 Å². The van der Waals surface area contributed by atoms with Crippen molar-refractivity contribution in [1.29, 1.82) is 0 Å². The summed E-state index contributed by atoms with van der Waals surface area (Å²) in [4.78, 5) is 3.94. The Balaban J connectivity index is 2.43. The molecule has 0 amide bonds. The van der Waals surface area contributed by atoms with E-state index in [-0.39, 0.29) is 0 Å². The van der Waals surface area contributed by atoms with Crippen LogP contribution in [0.1, 0.15) is 22.9 Å². The molecule has 0 aliphatic rings. The van der Waals surface area contributed by atoms with Crippen LogP contribution >= 0.6 is 0 Å². The number of alkyl halides is 3. The number of nitrogens with zero attached hydrogens (tertiary/aromatic N) is 2. The molecule has 0 saturated carbocycles. The average Bonchev–Trinajstić information content (AvgIpc) is 2.75. The monoisotopic (exact) mass is 287 g/mol. The second kappa shape index (κ2) is 5.24. The van der Waals surface area contributed by atoms with E-state index in [1.54, 1.807) is 31.2 Å². The van der Waals surface area contributed by atoms with Crippen LogP contribution in [0.5, 0.6) is 0 Å². The van der Waals surface area contributed by atoms with Crippen LogP contribution in [-0.4, -0.2) is 16.6 Å². The molecule has 0 saturated heterocycles. The maximum absolute atomic E-state index is 13.6. The van der Waals surface area contributed by atoms with Crippen molar-refractivity contribution in [3.05, 3.63) is 53.4 Å². The Morgan fingerprint density at radius 1 is 1.30 bits per heavy atom. The molecule has 2 rings (SSSR count). The van der Waals surface area contributed by atoms with Crippen LogP contribution in [-0.2, 0) is 13.2 Å². The lowest BCUT2D eigenvalue weighted by Gasteiger charge is -2.18. The van der Waals surface area contributed by atoms with E-state index in [1.165, 1.54) is 6.07 Å². The van der Waals surface area contributed by atoms with Crippen molar-refractivity contribution in [2.45, 2.75) is 12.2 Å². The zero-order chi connectivity index (χ0) is 14.9. The minimum absolute atomic E-state index is 0.404. The fraction of sp³-hybridized carbons (Fsp3) is 0.308. The molecule has 1 aromatic carbocycles. The fourth-order valence-corrected chi connectivity index (χ4v) is 2.07. The van der Waals surface area contributed by atoms with Crippen molar-refractivity contribution in [3.63, 3.8) is 0 Å². The van der Waals surface area contributed by atoms with Gasteiger partial charge in [0.05, 0.1) is 29.8 Å². The summed E-state index contributed by atoms with van der Waals surface area (Å²) in [5, 5.41) is 2.94. The van der Waals surface area contributed by atoms with Gasteiger partial charge in [-0.05, 0) is 24.7 Å². The number of benzene rings is 1. The molecule has 0 spiro atoms. The zero-order valence-electron chi connectivity index (χ0n) is 10.9. The van der Waals surface area contributed by atoms with Gasteiger partial charge in [-0.3, -0.25) is 0 Å². The molecule has 7 heteroatoms. The summed E-state index contributed by atoms with van der Waals surface area (Å²) in [6.07, 6.45) is -1.54. The van der Waals surface area contributed by atoms with Gasteiger partial charge in [-0.2, -0.15) is 13.2 Å². The molecule has 0 fully saturated rings. The largest absolute Gasteiger partial charge is 0.419 e. The SMILES string of the molecule is CNC(c1ccc(C(F)(F)F)c(F)c1)c1cncn1C. The lowest BCUT2D eigenvalue weighted by Crippen LogP contribution is -2.21. The summed E-state index contributed by atoms with van der Waals surface area (Å²) in [5.41, 5.74) is -0.130. The van der Waals surface area contributed by atoms with Crippen molar-refractivity contribution >= 4 is 0 Å². The number of imidazole rings is 1. The molecule has 1 unspecified atom stereocenters. The third-order valence-corrected chi connectivity index (χ3v) is 3.07. The van der Waals surface area contributed by atoms with Crippen molar-refractivity contribution in [2.24, 2.45) is 7.05 Å². The third-order valence-electron chi connectivity index (χ3n) is 3.07. The number of nitrogens with one attached hydrogen (secondary N) is 1. The second-order valence-electron chi connectivity index (χ2n) is 4.39. The third kappa shape index (κ3) is 2.67. The van der Waals surface area contributed by atoms with Crippen molar-refractivity contribution in [2.75, 3.05) is 7.05 Å². The summed E-state index contributed by atoms with van der Waals surface area (Å²) in [7, 11) is 3.40. The molecule has 108 valence electrons. The first kappa shape index (κ1) is 14.5. The number of aryl methyl sites for hydroxylation is 1. The van der Waals surface area contributed by atoms with Crippen LogP contribution in [0.25, 0.3) is 0 Å². The van der Waals surface area contributed by atoms with E-state index in [1.807, 2.05) is 0 Å². The highest BCUT2D eigenvalue weighted by atomic mass is 19.4. The summed E-state index contributed by atoms with van der Waals surface area (Å²) < 4.78 is 52.9. The van der Waals surface area contributed by atoms with E-state index in [4.69, 9.17) is 0 Å². The van der Waals surface area contributed by atoms with E-state index in [0.29, 0.717) is 5.56 Å². The summed E-state index contributed by atoms with van der Waals surface area (Å²) in [6, 6.07) is 2.49. The van der Waals surface area contributed by atoms with Crippen molar-refractivity contribution in [1.82, 2.24) is 14.9 Å². The number of aromatic nitrogens is 2. The normalized spacial score (nSPS) is 13.5. The first-order valence-corrected chi connectivity index (χ1v) is 5.84. The molecule has 0 aliphatic heterocycles. The molecule has 0 radical (unpaired) electrons. The highest BCUT2D eigenvalue weighted by molar-refractivity contribution is 5.32. The van der Waals surface area contributed by atoms with Crippen LogP contribution < -0.4 is 5.32 Å². The van der Waals surface area contributed by atoms with Gasteiger partial charge in [-0.15, -0.1) is 0 Å². The van der Waals surface area contributed by atoms with Crippen molar-refractivity contribution in [3.8, 4) is 0 Å². The van der Waals surface area contributed by atoms with Gasteiger partial charge >= 0.3 is 6.18 Å². The molecular formula is C13H13F4N3. The molecule has 20 heavy (non-hydrogen) atoms. The molecule has 1 aromatic heterocycles. The number of hydrogen-bond donors (Lipinski definition) is 1. The molecule has 1 atom stereocenters. The summed E-state index contributed by atoms with van der Waals surface area (Å²) in [5.74, 6) is -1.28. The highest BCUT2D eigenvalue weighted by Gasteiger charge is 2.34. The standard InChI is InChI=1S/C13H13F4N3/c1-18-12(11-6-19-7-20(11)2)8-3-4-9(10(14)5-8)13(15,16)17/h3-7,12,18H,1-2H3. The minimum atomic E-state index is -4.69. The van der Waals surface area contributed by atoms with Crippen LogP contribution in [0, 0.1) is 5.82 Å². The molecular weight excluding hydrogens is 274 g/mol. The molecule has 0 bridgehead atoms. The molecule has 0 aliphatic carbocycles. The topological polar surface area (TPSA) is 29.9 Å². The number of halogens is 4. The first-order chi connectivity index (χ1) is 9.34. The Morgan fingerprint density at radius 3 is 2.45 bits per heavy atom. The van der Waals surface area contributed by atoms with E-state index < -0.39 is 23.6 Å². The molecule has 2 aromatic rings. The van der Waals surface area contributed by atoms with E-state index in [0.717, 1.165) is 17.8 Å². The molecule has 1 N–H and O–H groups in total. The van der Waals surface area contributed by atoms with Gasteiger partial charge in [0, 0.05) is 7.05 Å². The smallest absolute Gasteiger partial charge is 0.336 e. The predicted octanol–water partition coefficient (Wildman–Crippen LogP) is 2.89. The lowest BCUT2D eigenvalue weighted by atomic mass is 10.0. The Kier molecular flexibility index (Phi) is 3.80. The Bertz CT molecular complexity index is 604. The van der Waals surface area contributed by atoms with Gasteiger partial charge in [-0.25, -0.2) is 9.37 Å². The van der Waals surface area contributed by atoms with Crippen LogP contribution in [0.2, 0.25) is 0 Å². The minimum Gasteiger partial charge on any atom is -0.336 e. The summed E-state index contributed by atoms with van der Waals surface area (Å²) in [6.45, 7) is 0. The Labute approximate surface area is 113 Å². The maximum Gasteiger partial charge on any atom is 0.419 e. The van der Waals surface area contributed by atoms with Crippen LogP contribution in [0.4, 0.5) is 17.6 Å². The van der Waals surface area contributed by atoms with Gasteiger partial charge in [0.15, 0.2) is 0 Å². The van der Waals surface area contributed by atoms with Gasteiger partial charge in [-0.1, -0.05) is 6.07 Å². The van der Waals surface area contributed by atoms with E-state index >= 15 is 0 Å². The zero-order valence-corrected chi connectivity index (χ0v) is 10.9. The summed E-state index contributed by atoms with van der Waals surface area (Å²) >= 11 is 0. The molecule has 3 nitrogen and oxygen atoms in total. The average molecular weight is 287 g/mol. The van der Waals surface area contributed by atoms with Gasteiger partial charge in [0.2, 0.25) is 0 Å². The predicted molar refractivity (Wildman–Crippen MR) is 65.5 cm³/mol. The van der Waals surface area contributed by atoms with Gasteiger partial charge in [0.1, 0.15) is 5.82 Å². The fourth-order valence-electron chi connectivity index (χ4n) is 2.07. The highest BCUT2D eigenvalue weighted by Crippen LogP contribution is 2.33. The first-order valence-electron chi connectivity index (χ1n) is 5.84. The van der Waals surface area contributed by atoms with Crippen molar-refractivity contribution < 1.29 is 17.6 Å². The number of rotatable bonds is 3. The molecule has 1 heterocycles. The maximum atomic E-state index is 13.6. The van der Waals surface area contributed by atoms with Gasteiger partial charge < -0.3 is 9.88 Å². The van der Waals surface area contributed by atoms with E-state index in [9.17, 15) is 17.6 Å². The second-order valence-corrected chi connectivity index (χ2v) is 4.39. The Morgan fingerprint density at radius 2 is 2.00 bits per heavy atom. The number of hydrogen-bond acceptors (Lipinski definition) is 2.